The number of amides is 1. The van der Waals surface area contributed by atoms with Crippen LogP contribution in [0.4, 0.5) is 0 Å². The first-order valence-corrected chi connectivity index (χ1v) is 12.4. The van der Waals surface area contributed by atoms with E-state index in [1.807, 2.05) is 30.0 Å². The highest BCUT2D eigenvalue weighted by Gasteiger charge is 2.35. The minimum Gasteiger partial charge on any atom is -0.486 e. The molecule has 9 nitrogen and oxygen atoms in total. The second-order valence-electron chi connectivity index (χ2n) is 8.21. The van der Waals surface area contributed by atoms with Crippen molar-refractivity contribution in [2.45, 2.75) is 38.3 Å². The fourth-order valence-corrected chi connectivity index (χ4v) is 5.69. The summed E-state index contributed by atoms with van der Waals surface area (Å²) < 4.78 is 40.4. The molecule has 0 N–H and O–H groups in total. The van der Waals surface area contributed by atoms with Crippen LogP contribution in [0.5, 0.6) is 11.5 Å². The summed E-state index contributed by atoms with van der Waals surface area (Å²) in [5, 5.41) is 0.0635. The van der Waals surface area contributed by atoms with Crippen molar-refractivity contribution in [3.8, 4) is 11.5 Å². The maximum absolute atomic E-state index is 13.2. The zero-order valence-corrected chi connectivity index (χ0v) is 19.6. The van der Waals surface area contributed by atoms with Crippen LogP contribution in [-0.2, 0) is 28.4 Å². The highest BCUT2D eigenvalue weighted by Crippen LogP contribution is 2.35. The fourth-order valence-electron chi connectivity index (χ4n) is 4.19. The number of benzene rings is 1. The molecule has 2 aliphatic rings. The molecule has 0 unspecified atom stereocenters. The van der Waals surface area contributed by atoms with Gasteiger partial charge in [0, 0.05) is 50.9 Å². The summed E-state index contributed by atoms with van der Waals surface area (Å²) in [6.07, 6.45) is 2.52. The first kappa shape index (κ1) is 22.6. The van der Waals surface area contributed by atoms with Gasteiger partial charge in [-0.2, -0.15) is 4.31 Å². The zero-order chi connectivity index (χ0) is 22.9. The topological polar surface area (TPSA) is 94.0 Å². The number of fused-ring (bicyclic) bond motifs is 1. The summed E-state index contributed by atoms with van der Waals surface area (Å²) >= 11 is 0. The van der Waals surface area contributed by atoms with Gasteiger partial charge in [0.25, 0.3) is 10.0 Å². The van der Waals surface area contributed by atoms with Crippen LogP contribution >= 0.6 is 0 Å². The van der Waals surface area contributed by atoms with Gasteiger partial charge < -0.3 is 18.9 Å². The van der Waals surface area contributed by atoms with E-state index >= 15 is 0 Å². The van der Waals surface area contributed by atoms with Crippen LogP contribution in [-0.4, -0.2) is 65.9 Å². The van der Waals surface area contributed by atoms with E-state index in [1.165, 1.54) is 10.5 Å². The Morgan fingerprint density at radius 3 is 2.59 bits per heavy atom. The highest BCUT2D eigenvalue weighted by molar-refractivity contribution is 7.89. The number of nitrogens with zero attached hydrogens (tertiary/aromatic N) is 4. The summed E-state index contributed by atoms with van der Waals surface area (Å²) in [6, 6.07) is 5.73. The largest absolute Gasteiger partial charge is 0.486 e. The van der Waals surface area contributed by atoms with Crippen LogP contribution in [0.1, 0.15) is 31.2 Å². The van der Waals surface area contributed by atoms with Gasteiger partial charge in [-0.15, -0.1) is 0 Å². The molecule has 4 rings (SSSR count). The van der Waals surface area contributed by atoms with Crippen LogP contribution in [0.2, 0.25) is 0 Å². The van der Waals surface area contributed by atoms with Crippen molar-refractivity contribution in [1.29, 1.82) is 0 Å². The molecule has 32 heavy (non-hydrogen) atoms. The highest BCUT2D eigenvalue weighted by atomic mass is 32.2. The normalized spacial score (nSPS) is 17.3. The molecule has 1 aromatic heterocycles. The Morgan fingerprint density at radius 1 is 1.22 bits per heavy atom. The van der Waals surface area contributed by atoms with Gasteiger partial charge in [0.1, 0.15) is 19.0 Å². The van der Waals surface area contributed by atoms with Crippen LogP contribution in [0.25, 0.3) is 0 Å². The maximum atomic E-state index is 13.2. The van der Waals surface area contributed by atoms with Gasteiger partial charge in [-0.3, -0.25) is 4.79 Å². The van der Waals surface area contributed by atoms with E-state index in [9.17, 15) is 13.2 Å². The number of carbonyl (C=O) groups is 1. The van der Waals surface area contributed by atoms with Crippen molar-refractivity contribution in [3.05, 3.63) is 35.8 Å². The lowest BCUT2D eigenvalue weighted by atomic mass is 9.96. The Hall–Kier alpha value is -2.59. The zero-order valence-electron chi connectivity index (χ0n) is 18.8. The molecule has 2 aliphatic heterocycles. The van der Waals surface area contributed by atoms with Crippen LogP contribution in [0.3, 0.4) is 0 Å². The predicted molar refractivity (Wildman–Crippen MR) is 118 cm³/mol. The molecule has 1 aromatic carbocycles. The molecule has 174 valence electrons. The van der Waals surface area contributed by atoms with Crippen molar-refractivity contribution >= 4 is 15.9 Å². The predicted octanol–water partition coefficient (Wildman–Crippen LogP) is 1.95. The van der Waals surface area contributed by atoms with Crippen molar-refractivity contribution in [3.63, 3.8) is 0 Å². The Morgan fingerprint density at radius 2 is 1.94 bits per heavy atom. The van der Waals surface area contributed by atoms with Crippen molar-refractivity contribution in [2.75, 3.05) is 32.8 Å². The summed E-state index contributed by atoms with van der Waals surface area (Å²) in [6.45, 7) is 6.35. The molecule has 1 amide bonds. The van der Waals surface area contributed by atoms with Gasteiger partial charge >= 0.3 is 0 Å². The first-order chi connectivity index (χ1) is 15.3. The van der Waals surface area contributed by atoms with E-state index in [4.69, 9.17) is 9.47 Å². The number of aromatic nitrogens is 2. The van der Waals surface area contributed by atoms with Crippen LogP contribution in [0, 0.1) is 12.8 Å². The first-order valence-electron chi connectivity index (χ1n) is 11.0. The fraction of sp³-hybridized carbons (Fsp3) is 0.545. The quantitative estimate of drug-likeness (QED) is 0.651. The molecule has 0 radical (unpaired) electrons. The van der Waals surface area contributed by atoms with Crippen molar-refractivity contribution in [2.24, 2.45) is 13.0 Å². The smallest absolute Gasteiger partial charge is 0.262 e. The lowest BCUT2D eigenvalue weighted by molar-refractivity contribution is -0.137. The molecule has 0 bridgehead atoms. The number of para-hydroxylation sites is 1. The Labute approximate surface area is 189 Å². The van der Waals surface area contributed by atoms with E-state index in [0.717, 1.165) is 5.56 Å². The van der Waals surface area contributed by atoms with Gasteiger partial charge in [-0.05, 0) is 32.8 Å². The van der Waals surface area contributed by atoms with Gasteiger partial charge in [0.05, 0.1) is 0 Å². The minimum absolute atomic E-state index is 0.0487. The van der Waals surface area contributed by atoms with Crippen molar-refractivity contribution < 1.29 is 22.7 Å². The number of sulfonamides is 1. The molecular formula is C22H30N4O5S. The average Bonchev–Trinajstić information content (AvgIpc) is 3.16. The summed E-state index contributed by atoms with van der Waals surface area (Å²) in [4.78, 5) is 19.2. The van der Waals surface area contributed by atoms with E-state index in [0.29, 0.717) is 69.6 Å². The Balaban J connectivity index is 1.41. The number of carbonyl (C=O) groups excluding carboxylic acids is 1. The third-order valence-electron chi connectivity index (χ3n) is 6.20. The minimum atomic E-state index is -3.65. The number of piperidine rings is 1. The number of rotatable bonds is 6. The van der Waals surface area contributed by atoms with Gasteiger partial charge in [-0.1, -0.05) is 12.1 Å². The van der Waals surface area contributed by atoms with Crippen LogP contribution < -0.4 is 9.47 Å². The molecule has 2 aromatic rings. The molecule has 3 heterocycles. The van der Waals surface area contributed by atoms with E-state index in [-0.39, 0.29) is 16.9 Å². The van der Waals surface area contributed by atoms with Gasteiger partial charge in [-0.25, -0.2) is 13.4 Å². The van der Waals surface area contributed by atoms with Gasteiger partial charge in [0.2, 0.25) is 5.91 Å². The van der Waals surface area contributed by atoms with E-state index in [2.05, 4.69) is 4.98 Å². The van der Waals surface area contributed by atoms with E-state index < -0.39 is 10.0 Å². The summed E-state index contributed by atoms with van der Waals surface area (Å²) in [7, 11) is -1.88. The number of imidazole rings is 1. The molecule has 1 saturated heterocycles. The number of ether oxygens (including phenoxy) is 2. The molecule has 0 atom stereocenters. The molecule has 10 heteroatoms. The van der Waals surface area contributed by atoms with Gasteiger partial charge in [0.15, 0.2) is 16.5 Å². The number of hydrogen-bond acceptors (Lipinski definition) is 6. The average molecular weight is 463 g/mol. The summed E-state index contributed by atoms with van der Waals surface area (Å²) in [5.41, 5.74) is 0.919. The Kier molecular flexibility index (Phi) is 6.43. The standard InChI is InChI=1S/C22H30N4O5S/c1-4-25(14-18-6-5-7-19-21(18)31-13-12-30-19)22(27)17-8-10-26(11-9-17)32(28,29)20-15-24(3)16(2)23-20/h5-7,15,17H,4,8-14H2,1-3H3. The third-order valence-corrected chi connectivity index (χ3v) is 7.97. The molecule has 0 spiro atoms. The number of hydrogen-bond donors (Lipinski definition) is 0. The lowest BCUT2D eigenvalue weighted by Gasteiger charge is -2.33. The second kappa shape index (κ2) is 9.11. The molecule has 0 aliphatic carbocycles. The monoisotopic (exact) mass is 462 g/mol. The summed E-state index contributed by atoms with van der Waals surface area (Å²) in [5.74, 6) is 1.90. The third kappa shape index (κ3) is 4.33. The molecule has 0 saturated carbocycles. The van der Waals surface area contributed by atoms with Crippen molar-refractivity contribution in [1.82, 2.24) is 18.8 Å². The molecular weight excluding hydrogens is 432 g/mol. The second-order valence-corrected chi connectivity index (χ2v) is 10.1. The Bertz CT molecular complexity index is 1070. The lowest BCUT2D eigenvalue weighted by Crippen LogP contribution is -2.44. The van der Waals surface area contributed by atoms with Crippen LogP contribution in [0.15, 0.2) is 29.4 Å². The van der Waals surface area contributed by atoms with E-state index in [1.54, 1.807) is 18.5 Å². The SMILES string of the molecule is CCN(Cc1cccc2c1OCCO2)C(=O)C1CCN(S(=O)(=O)c2cn(C)c(C)n2)CC1. The maximum Gasteiger partial charge on any atom is 0.262 e. The molecule has 1 fully saturated rings. The number of aryl methyl sites for hydroxylation is 2.